The van der Waals surface area contributed by atoms with E-state index in [1.807, 2.05) is 26.8 Å². The molecule has 0 saturated heterocycles. The number of aromatic hydroxyl groups is 1. The molecule has 1 aromatic carbocycles. The van der Waals surface area contributed by atoms with E-state index in [2.05, 4.69) is 27.5 Å². The summed E-state index contributed by atoms with van der Waals surface area (Å²) in [6.07, 6.45) is 2.92. The number of hydrogen-bond acceptors (Lipinski definition) is 6. The van der Waals surface area contributed by atoms with E-state index in [1.165, 1.54) is 4.90 Å². The molecule has 8 nitrogen and oxygen atoms in total. The van der Waals surface area contributed by atoms with Crippen LogP contribution in [-0.4, -0.2) is 41.7 Å². The molecule has 4 N–H and O–H groups in total. The van der Waals surface area contributed by atoms with Crippen LogP contribution in [0, 0.1) is 6.92 Å². The fourth-order valence-electron chi connectivity index (χ4n) is 2.94. The number of phenolic OH excluding ortho intramolecular Hbond substituents is 1. The number of furan rings is 1. The molecule has 1 aromatic heterocycles. The second kappa shape index (κ2) is 10.2. The van der Waals surface area contributed by atoms with E-state index in [0.29, 0.717) is 18.6 Å². The van der Waals surface area contributed by atoms with Crippen molar-refractivity contribution in [2.45, 2.75) is 39.7 Å². The maximum atomic E-state index is 12.6. The Labute approximate surface area is 182 Å². The van der Waals surface area contributed by atoms with Crippen molar-refractivity contribution < 1.29 is 14.3 Å². The van der Waals surface area contributed by atoms with Crippen LogP contribution < -0.4 is 10.5 Å². The number of nitrogens with one attached hydrogen (secondary N) is 1. The van der Waals surface area contributed by atoms with Crippen LogP contribution in [0.4, 0.5) is 5.69 Å². The van der Waals surface area contributed by atoms with Crippen LogP contribution in [0.3, 0.4) is 0 Å². The third-order valence-corrected chi connectivity index (χ3v) is 4.80. The first-order valence-electron chi connectivity index (χ1n) is 9.67. The SMILES string of the molecule is CCc1ccc(N=C(NS)C(N)=N[C@H](CC)c2cc(C)co2)c(O)c1C(=O)N(C)C. The number of benzene rings is 1. The number of rotatable bonds is 6. The van der Waals surface area contributed by atoms with Crippen molar-refractivity contribution in [2.24, 2.45) is 15.7 Å². The minimum atomic E-state index is -0.303. The molecule has 0 fully saturated rings. The van der Waals surface area contributed by atoms with Gasteiger partial charge in [0, 0.05) is 14.1 Å². The fraction of sp³-hybridized carbons (Fsp3) is 0.381. The second-order valence-corrected chi connectivity index (χ2v) is 7.28. The van der Waals surface area contributed by atoms with Crippen LogP contribution in [0.25, 0.3) is 0 Å². The van der Waals surface area contributed by atoms with Gasteiger partial charge in [-0.2, -0.15) is 0 Å². The Hall–Kier alpha value is -2.94. The van der Waals surface area contributed by atoms with E-state index in [-0.39, 0.29) is 40.6 Å². The molecule has 0 unspecified atom stereocenters. The Morgan fingerprint density at radius 3 is 2.57 bits per heavy atom. The summed E-state index contributed by atoms with van der Waals surface area (Å²) in [5.74, 6) is 0.442. The highest BCUT2D eigenvalue weighted by Gasteiger charge is 2.21. The van der Waals surface area contributed by atoms with Crippen molar-refractivity contribution in [3.63, 3.8) is 0 Å². The molecule has 0 aliphatic heterocycles. The van der Waals surface area contributed by atoms with E-state index in [0.717, 1.165) is 11.1 Å². The number of amides is 1. The molecular formula is C21H29N5O3S. The number of amidine groups is 2. The largest absolute Gasteiger partial charge is 0.505 e. The highest BCUT2D eigenvalue weighted by atomic mass is 32.1. The standard InChI is InChI=1S/C21H29N5O3S/c1-6-13-8-9-15(18(27)17(13)21(28)26(4)5)24-20(25-30)19(22)23-14(7-2)16-10-12(3)11-29-16/h8-11,14,27,30H,6-7H2,1-5H3,(H2,22,23)(H,24,25)/t14-/m1/s1. The quantitative estimate of drug-likeness (QED) is 0.317. The molecule has 2 aromatic rings. The molecule has 1 amide bonds. The third kappa shape index (κ3) is 5.15. The normalized spacial score (nSPS) is 13.3. The molecule has 0 aliphatic rings. The fourth-order valence-corrected chi connectivity index (χ4v) is 3.11. The van der Waals surface area contributed by atoms with Gasteiger partial charge in [0.05, 0.1) is 11.8 Å². The Bertz CT molecular complexity index is 966. The summed E-state index contributed by atoms with van der Waals surface area (Å²) in [6.45, 7) is 5.82. The van der Waals surface area contributed by atoms with Gasteiger partial charge in [-0.05, 0) is 43.0 Å². The van der Waals surface area contributed by atoms with Gasteiger partial charge in [-0.15, -0.1) is 0 Å². The number of nitrogens with zero attached hydrogens (tertiary/aromatic N) is 3. The van der Waals surface area contributed by atoms with E-state index >= 15 is 0 Å². The Morgan fingerprint density at radius 1 is 1.37 bits per heavy atom. The van der Waals surface area contributed by atoms with Crippen molar-refractivity contribution in [3.05, 3.63) is 46.9 Å². The van der Waals surface area contributed by atoms with Gasteiger partial charge in [0.25, 0.3) is 5.91 Å². The number of carbonyl (C=O) groups excluding carboxylic acids is 1. The van der Waals surface area contributed by atoms with Gasteiger partial charge in [-0.25, -0.2) is 4.99 Å². The second-order valence-electron chi connectivity index (χ2n) is 7.06. The average Bonchev–Trinajstić information content (AvgIpc) is 3.16. The van der Waals surface area contributed by atoms with Gasteiger partial charge in [0.2, 0.25) is 0 Å². The summed E-state index contributed by atoms with van der Waals surface area (Å²) < 4.78 is 8.15. The van der Waals surface area contributed by atoms with Crippen molar-refractivity contribution in [2.75, 3.05) is 14.1 Å². The first-order chi connectivity index (χ1) is 14.2. The Morgan fingerprint density at radius 2 is 2.07 bits per heavy atom. The summed E-state index contributed by atoms with van der Waals surface area (Å²) in [7, 11) is 3.26. The van der Waals surface area contributed by atoms with E-state index in [9.17, 15) is 9.90 Å². The molecule has 0 saturated carbocycles. The molecule has 30 heavy (non-hydrogen) atoms. The van der Waals surface area contributed by atoms with Crippen molar-refractivity contribution in [3.8, 4) is 5.75 Å². The zero-order valence-corrected chi connectivity index (χ0v) is 18.8. The van der Waals surface area contributed by atoms with Gasteiger partial charge in [-0.3, -0.25) is 9.79 Å². The van der Waals surface area contributed by atoms with Gasteiger partial charge in [0.1, 0.15) is 17.5 Å². The predicted molar refractivity (Wildman–Crippen MR) is 123 cm³/mol. The minimum Gasteiger partial charge on any atom is -0.505 e. The number of phenols is 1. The maximum Gasteiger partial charge on any atom is 0.257 e. The zero-order valence-electron chi connectivity index (χ0n) is 17.9. The highest BCUT2D eigenvalue weighted by Crippen LogP contribution is 2.34. The summed E-state index contributed by atoms with van der Waals surface area (Å²) in [5, 5.41) is 10.8. The lowest BCUT2D eigenvalue weighted by atomic mass is 10.0. The molecular weight excluding hydrogens is 402 g/mol. The van der Waals surface area contributed by atoms with Crippen LogP contribution in [0.1, 0.15) is 53.6 Å². The molecule has 162 valence electrons. The molecule has 2 rings (SSSR count). The van der Waals surface area contributed by atoms with Crippen molar-refractivity contribution >= 4 is 36.1 Å². The van der Waals surface area contributed by atoms with Crippen molar-refractivity contribution in [1.29, 1.82) is 0 Å². The molecule has 0 spiro atoms. The number of aryl methyl sites for hydroxylation is 2. The highest BCUT2D eigenvalue weighted by molar-refractivity contribution is 7.78. The summed E-state index contributed by atoms with van der Waals surface area (Å²) in [6, 6.07) is 5.02. The predicted octanol–water partition coefficient (Wildman–Crippen LogP) is 3.53. The third-order valence-electron chi connectivity index (χ3n) is 4.59. The summed E-state index contributed by atoms with van der Waals surface area (Å²) >= 11 is 4.08. The summed E-state index contributed by atoms with van der Waals surface area (Å²) in [5.41, 5.74) is 8.29. The van der Waals surface area contributed by atoms with Crippen molar-refractivity contribution in [1.82, 2.24) is 9.62 Å². The zero-order chi connectivity index (χ0) is 22.4. The molecule has 0 radical (unpaired) electrons. The minimum absolute atomic E-state index is 0.102. The van der Waals surface area contributed by atoms with Crippen LogP contribution in [0.15, 0.2) is 38.9 Å². The molecule has 9 heteroatoms. The topological polar surface area (TPSA) is 116 Å². The van der Waals surface area contributed by atoms with Gasteiger partial charge < -0.3 is 24.9 Å². The van der Waals surface area contributed by atoms with E-state index < -0.39 is 0 Å². The Balaban J connectivity index is 2.48. The average molecular weight is 432 g/mol. The van der Waals surface area contributed by atoms with Crippen LogP contribution in [0.5, 0.6) is 5.75 Å². The van der Waals surface area contributed by atoms with Crippen LogP contribution >= 0.6 is 12.8 Å². The van der Waals surface area contributed by atoms with Crippen LogP contribution in [0.2, 0.25) is 0 Å². The monoisotopic (exact) mass is 431 g/mol. The number of aliphatic imine (C=N–C) groups is 2. The number of nitrogens with two attached hydrogens (primary N) is 1. The van der Waals surface area contributed by atoms with E-state index in [1.54, 1.807) is 32.5 Å². The lowest BCUT2D eigenvalue weighted by molar-refractivity contribution is 0.0823. The lowest BCUT2D eigenvalue weighted by Gasteiger charge is -2.16. The molecule has 0 bridgehead atoms. The lowest BCUT2D eigenvalue weighted by Crippen LogP contribution is -2.32. The number of thiol groups is 1. The first kappa shape index (κ1) is 23.3. The first-order valence-corrected chi connectivity index (χ1v) is 10.1. The number of carbonyl (C=O) groups is 1. The smallest absolute Gasteiger partial charge is 0.257 e. The van der Waals surface area contributed by atoms with Crippen LogP contribution in [-0.2, 0) is 6.42 Å². The van der Waals surface area contributed by atoms with Gasteiger partial charge in [0.15, 0.2) is 17.4 Å². The molecule has 0 aliphatic carbocycles. The maximum absolute atomic E-state index is 12.6. The van der Waals surface area contributed by atoms with E-state index in [4.69, 9.17) is 10.2 Å². The summed E-state index contributed by atoms with van der Waals surface area (Å²) in [4.78, 5) is 22.8. The van der Waals surface area contributed by atoms with Gasteiger partial charge in [-0.1, -0.05) is 32.7 Å². The molecule has 1 atom stereocenters. The Kier molecular flexibility index (Phi) is 7.93. The van der Waals surface area contributed by atoms with Gasteiger partial charge >= 0.3 is 0 Å². The number of hydrogen-bond donors (Lipinski definition) is 4. The molecule has 1 heterocycles.